The lowest BCUT2D eigenvalue weighted by molar-refractivity contribution is -0.134. The average molecular weight is 451 g/mol. The van der Waals surface area contributed by atoms with Crippen LogP contribution < -0.4 is 9.80 Å². The fraction of sp³-hybridized carbons (Fsp3) is 0.591. The van der Waals surface area contributed by atoms with E-state index >= 15 is 0 Å². The highest BCUT2D eigenvalue weighted by Gasteiger charge is 2.37. The number of rotatable bonds is 6. The summed E-state index contributed by atoms with van der Waals surface area (Å²) >= 11 is 0. The fourth-order valence-electron chi connectivity index (χ4n) is 3.59. The van der Waals surface area contributed by atoms with Gasteiger partial charge >= 0.3 is 12.2 Å². The zero-order chi connectivity index (χ0) is 23.4. The molecule has 0 radical (unpaired) electrons. The Bertz CT molecular complexity index is 856. The smallest absolute Gasteiger partial charge is 0.416 e. The van der Waals surface area contributed by atoms with E-state index in [1.54, 1.807) is 39.8 Å². The van der Waals surface area contributed by atoms with Crippen LogP contribution in [0, 0.1) is 11.7 Å². The van der Waals surface area contributed by atoms with Crippen LogP contribution in [0.1, 0.15) is 27.7 Å². The maximum Gasteiger partial charge on any atom is 0.416 e. The van der Waals surface area contributed by atoms with Crippen molar-refractivity contribution in [3.8, 4) is 0 Å². The lowest BCUT2D eigenvalue weighted by atomic mass is 10.2. The van der Waals surface area contributed by atoms with Crippen molar-refractivity contribution in [1.82, 2.24) is 4.90 Å². The molecule has 2 heterocycles. The van der Waals surface area contributed by atoms with E-state index in [2.05, 4.69) is 0 Å². The van der Waals surface area contributed by atoms with Crippen LogP contribution in [0.2, 0.25) is 0 Å². The minimum Gasteiger partial charge on any atom is -0.446 e. The first kappa shape index (κ1) is 23.8. The standard InChI is InChI=1S/C22H30FN3O6/c1-14(2)20(27)26(22(29)31-15(3)4)13-17-12-25(21(28)32-17)16-5-6-19(18(23)11-16)24-7-9-30-10-8-24/h5-6,11,14-15,17H,7-10,12-13H2,1-4H3/t17-/m1/s1. The second-order valence-corrected chi connectivity index (χ2v) is 8.39. The molecule has 2 aliphatic heterocycles. The van der Waals surface area contributed by atoms with Gasteiger partial charge in [0, 0.05) is 19.0 Å². The summed E-state index contributed by atoms with van der Waals surface area (Å²) in [6.45, 7) is 8.90. The number of carbonyl (C=O) groups excluding carboxylic acids is 3. The van der Waals surface area contributed by atoms with Crippen LogP contribution >= 0.6 is 0 Å². The summed E-state index contributed by atoms with van der Waals surface area (Å²) in [4.78, 5) is 41.5. The minimum atomic E-state index is -0.783. The molecule has 1 aromatic carbocycles. The lowest BCUT2D eigenvalue weighted by Gasteiger charge is -2.29. The number of nitrogens with zero attached hydrogens (tertiary/aromatic N) is 3. The number of cyclic esters (lactones) is 1. The fourth-order valence-corrected chi connectivity index (χ4v) is 3.59. The molecule has 176 valence electrons. The molecule has 0 unspecified atom stereocenters. The molecule has 0 aliphatic carbocycles. The zero-order valence-electron chi connectivity index (χ0n) is 18.9. The van der Waals surface area contributed by atoms with Gasteiger partial charge < -0.3 is 19.1 Å². The minimum absolute atomic E-state index is 0.0754. The number of imide groups is 1. The predicted octanol–water partition coefficient (Wildman–Crippen LogP) is 3.02. The van der Waals surface area contributed by atoms with Crippen molar-refractivity contribution >= 4 is 29.5 Å². The van der Waals surface area contributed by atoms with Crippen molar-refractivity contribution in [3.63, 3.8) is 0 Å². The van der Waals surface area contributed by atoms with E-state index in [0.717, 1.165) is 4.90 Å². The Morgan fingerprint density at radius 2 is 1.91 bits per heavy atom. The second-order valence-electron chi connectivity index (χ2n) is 8.39. The van der Waals surface area contributed by atoms with Crippen LogP contribution in [-0.4, -0.2) is 74.6 Å². The van der Waals surface area contributed by atoms with E-state index in [0.29, 0.717) is 37.7 Å². The molecule has 10 heteroatoms. The van der Waals surface area contributed by atoms with Crippen LogP contribution in [0.25, 0.3) is 0 Å². The topological polar surface area (TPSA) is 88.6 Å². The summed E-state index contributed by atoms with van der Waals surface area (Å²) in [5.74, 6) is -1.31. The SMILES string of the molecule is CC(C)OC(=O)N(C[C@H]1CN(c2ccc(N3CCOCC3)c(F)c2)C(=O)O1)C(=O)C(C)C. The number of morpholine rings is 1. The van der Waals surface area contributed by atoms with Gasteiger partial charge in [-0.2, -0.15) is 0 Å². The Labute approximate surface area is 187 Å². The van der Waals surface area contributed by atoms with Crippen molar-refractivity contribution in [2.24, 2.45) is 5.92 Å². The number of benzene rings is 1. The molecule has 1 atom stereocenters. The molecule has 2 saturated heterocycles. The van der Waals surface area contributed by atoms with Gasteiger partial charge in [0.25, 0.3) is 0 Å². The third-order valence-electron chi connectivity index (χ3n) is 5.17. The molecular weight excluding hydrogens is 421 g/mol. The molecule has 0 spiro atoms. The Balaban J connectivity index is 1.71. The summed E-state index contributed by atoms with van der Waals surface area (Å²) < 4.78 is 30.6. The van der Waals surface area contributed by atoms with Crippen molar-refractivity contribution in [2.75, 3.05) is 49.2 Å². The van der Waals surface area contributed by atoms with Crippen molar-refractivity contribution < 1.29 is 33.0 Å². The third kappa shape index (κ3) is 5.48. The van der Waals surface area contributed by atoms with E-state index in [1.165, 1.54) is 11.0 Å². The van der Waals surface area contributed by atoms with Crippen molar-refractivity contribution in [1.29, 1.82) is 0 Å². The molecule has 9 nitrogen and oxygen atoms in total. The van der Waals surface area contributed by atoms with Gasteiger partial charge in [-0.15, -0.1) is 0 Å². The van der Waals surface area contributed by atoms with Crippen molar-refractivity contribution in [3.05, 3.63) is 24.0 Å². The number of hydrogen-bond donors (Lipinski definition) is 0. The number of anilines is 2. The van der Waals surface area contributed by atoms with Gasteiger partial charge in [0.1, 0.15) is 11.9 Å². The Morgan fingerprint density at radius 3 is 2.50 bits per heavy atom. The molecule has 0 aromatic heterocycles. The Hall–Kier alpha value is -2.88. The Kier molecular flexibility index (Phi) is 7.55. The largest absolute Gasteiger partial charge is 0.446 e. The van der Waals surface area contributed by atoms with Gasteiger partial charge in [-0.05, 0) is 32.0 Å². The van der Waals surface area contributed by atoms with E-state index in [4.69, 9.17) is 14.2 Å². The lowest BCUT2D eigenvalue weighted by Crippen LogP contribution is -2.45. The van der Waals surface area contributed by atoms with Gasteiger partial charge in [0.15, 0.2) is 0 Å². The highest BCUT2D eigenvalue weighted by Crippen LogP contribution is 2.28. The summed E-state index contributed by atoms with van der Waals surface area (Å²) in [6, 6.07) is 4.57. The molecule has 2 fully saturated rings. The third-order valence-corrected chi connectivity index (χ3v) is 5.17. The molecule has 0 saturated carbocycles. The molecule has 0 bridgehead atoms. The summed E-state index contributed by atoms with van der Waals surface area (Å²) in [7, 11) is 0. The Morgan fingerprint density at radius 1 is 1.22 bits per heavy atom. The molecule has 1 aromatic rings. The van der Waals surface area contributed by atoms with Crippen LogP contribution in [0.5, 0.6) is 0 Å². The van der Waals surface area contributed by atoms with E-state index in [1.807, 2.05) is 4.90 Å². The quantitative estimate of drug-likeness (QED) is 0.657. The van der Waals surface area contributed by atoms with E-state index < -0.39 is 42.0 Å². The van der Waals surface area contributed by atoms with Gasteiger partial charge in [-0.1, -0.05) is 13.8 Å². The van der Waals surface area contributed by atoms with Crippen LogP contribution in [-0.2, 0) is 19.0 Å². The van der Waals surface area contributed by atoms with E-state index in [9.17, 15) is 18.8 Å². The first-order valence-corrected chi connectivity index (χ1v) is 10.8. The first-order valence-electron chi connectivity index (χ1n) is 10.8. The van der Waals surface area contributed by atoms with Gasteiger partial charge in [0.2, 0.25) is 5.91 Å². The second kappa shape index (κ2) is 10.2. The molecular formula is C22H30FN3O6. The maximum absolute atomic E-state index is 14.8. The molecule has 2 aliphatic rings. The van der Waals surface area contributed by atoms with E-state index in [-0.39, 0.29) is 13.1 Å². The number of halogens is 1. The number of amides is 3. The highest BCUT2D eigenvalue weighted by atomic mass is 19.1. The first-order chi connectivity index (χ1) is 15.2. The van der Waals surface area contributed by atoms with Gasteiger partial charge in [0.05, 0.1) is 43.8 Å². The van der Waals surface area contributed by atoms with Gasteiger partial charge in [-0.3, -0.25) is 9.69 Å². The highest BCUT2D eigenvalue weighted by molar-refractivity contribution is 5.93. The predicted molar refractivity (Wildman–Crippen MR) is 115 cm³/mol. The molecule has 3 rings (SSSR count). The summed E-state index contributed by atoms with van der Waals surface area (Å²) in [5.41, 5.74) is 0.796. The van der Waals surface area contributed by atoms with Crippen LogP contribution in [0.4, 0.5) is 25.4 Å². The summed E-state index contributed by atoms with van der Waals surface area (Å²) in [5, 5.41) is 0. The van der Waals surface area contributed by atoms with Gasteiger partial charge in [-0.25, -0.2) is 18.9 Å². The monoisotopic (exact) mass is 451 g/mol. The average Bonchev–Trinajstić information content (AvgIpc) is 3.11. The van der Waals surface area contributed by atoms with Crippen molar-refractivity contribution in [2.45, 2.75) is 39.9 Å². The molecule has 32 heavy (non-hydrogen) atoms. The van der Waals surface area contributed by atoms with Crippen LogP contribution in [0.15, 0.2) is 18.2 Å². The number of ether oxygens (including phenoxy) is 3. The zero-order valence-corrected chi connectivity index (χ0v) is 18.9. The normalized spacial score (nSPS) is 18.8. The maximum atomic E-state index is 14.8. The number of carbonyl (C=O) groups is 3. The molecule has 0 N–H and O–H groups in total. The number of hydrogen-bond acceptors (Lipinski definition) is 7. The van der Waals surface area contributed by atoms with Crippen LogP contribution in [0.3, 0.4) is 0 Å². The summed E-state index contributed by atoms with van der Waals surface area (Å²) in [6.07, 6.45) is -2.61. The molecule has 3 amide bonds.